The van der Waals surface area contributed by atoms with E-state index >= 15 is 0 Å². The van der Waals surface area contributed by atoms with Crippen LogP contribution in [0.2, 0.25) is 0 Å². The summed E-state index contributed by atoms with van der Waals surface area (Å²) >= 11 is 0. The van der Waals surface area contributed by atoms with Gasteiger partial charge in [0.25, 0.3) is 5.69 Å². The Labute approximate surface area is 197 Å². The molecule has 1 fully saturated rings. The molecule has 2 N–H and O–H groups in total. The normalized spacial score (nSPS) is 14.7. The molecule has 1 aliphatic heterocycles. The zero-order valence-corrected chi connectivity index (χ0v) is 19.1. The summed E-state index contributed by atoms with van der Waals surface area (Å²) in [7, 11) is 2.04. The first kappa shape index (κ1) is 24.4. The van der Waals surface area contributed by atoms with E-state index in [9.17, 15) is 25.4 Å². The minimum atomic E-state index is -0.764. The molecule has 1 aromatic carbocycles. The quantitative estimate of drug-likeness (QED) is 0.393. The molecule has 10 heteroatoms. The fraction of sp³-hybridized carbons (Fsp3) is 0.333. The third-order valence-electron chi connectivity index (χ3n) is 5.84. The predicted molar refractivity (Wildman–Crippen MR) is 128 cm³/mol. The Hall–Kier alpha value is -4.28. The van der Waals surface area contributed by atoms with E-state index < -0.39 is 10.8 Å². The summed E-state index contributed by atoms with van der Waals surface area (Å²) in [5.74, 6) is -0.285. The molecule has 0 bridgehead atoms. The van der Waals surface area contributed by atoms with Crippen molar-refractivity contribution in [3.05, 3.63) is 62.3 Å². The Morgan fingerprint density at radius 3 is 2.41 bits per heavy atom. The van der Waals surface area contributed by atoms with E-state index in [1.807, 2.05) is 18.9 Å². The van der Waals surface area contributed by atoms with Crippen molar-refractivity contribution in [3.63, 3.8) is 0 Å². The predicted octanol–water partition coefficient (Wildman–Crippen LogP) is 2.46. The highest BCUT2D eigenvalue weighted by Crippen LogP contribution is 2.30. The lowest BCUT2D eigenvalue weighted by molar-refractivity contribution is -0.384. The van der Waals surface area contributed by atoms with Gasteiger partial charge in [-0.3, -0.25) is 14.9 Å². The van der Waals surface area contributed by atoms with Crippen LogP contribution >= 0.6 is 0 Å². The van der Waals surface area contributed by atoms with E-state index in [-0.39, 0.29) is 22.5 Å². The lowest BCUT2D eigenvalue weighted by Crippen LogP contribution is -2.30. The van der Waals surface area contributed by atoms with Crippen LogP contribution < -0.4 is 10.6 Å². The first-order chi connectivity index (χ1) is 16.3. The van der Waals surface area contributed by atoms with Crippen LogP contribution in [0, 0.1) is 32.8 Å². The fourth-order valence-corrected chi connectivity index (χ4v) is 4.02. The highest BCUT2D eigenvalue weighted by atomic mass is 16.6. The topological polar surface area (TPSA) is 153 Å². The number of aromatic nitrogens is 1. The monoisotopic (exact) mass is 459 g/mol. The number of hydrogen-bond acceptors (Lipinski definition) is 8. The van der Waals surface area contributed by atoms with Gasteiger partial charge < -0.3 is 15.5 Å². The van der Waals surface area contributed by atoms with Crippen LogP contribution in [0.4, 0.5) is 11.5 Å². The SMILES string of the molecule is CCc1c(C#N)c(/C=C(\C(N)=O)c2ccc([N+](=O)[O-])cc2)nc(N2CCCN(C)CC2)c1C#N. The molecule has 1 aromatic heterocycles. The molecule has 0 spiro atoms. The van der Waals surface area contributed by atoms with Crippen LogP contribution in [0.25, 0.3) is 11.6 Å². The highest BCUT2D eigenvalue weighted by molar-refractivity contribution is 6.23. The number of hydrogen-bond donors (Lipinski definition) is 1. The molecule has 10 nitrogen and oxygen atoms in total. The molecule has 34 heavy (non-hydrogen) atoms. The van der Waals surface area contributed by atoms with Crippen LogP contribution in [-0.4, -0.2) is 53.9 Å². The first-order valence-electron chi connectivity index (χ1n) is 10.9. The fourth-order valence-electron chi connectivity index (χ4n) is 4.02. The zero-order chi connectivity index (χ0) is 24.8. The number of anilines is 1. The molecule has 1 saturated heterocycles. The smallest absolute Gasteiger partial charge is 0.269 e. The van der Waals surface area contributed by atoms with Crippen molar-refractivity contribution < 1.29 is 9.72 Å². The van der Waals surface area contributed by atoms with Crippen molar-refractivity contribution in [2.45, 2.75) is 19.8 Å². The molecule has 2 heterocycles. The lowest BCUT2D eigenvalue weighted by atomic mass is 9.96. The summed E-state index contributed by atoms with van der Waals surface area (Å²) in [6.45, 7) is 4.95. The summed E-state index contributed by atoms with van der Waals surface area (Å²) in [5, 5.41) is 30.8. The van der Waals surface area contributed by atoms with Gasteiger partial charge in [0.05, 0.1) is 21.7 Å². The highest BCUT2D eigenvalue weighted by Gasteiger charge is 2.24. The van der Waals surface area contributed by atoms with Crippen LogP contribution in [0.5, 0.6) is 0 Å². The first-order valence-corrected chi connectivity index (χ1v) is 10.9. The Morgan fingerprint density at radius 1 is 1.18 bits per heavy atom. The van der Waals surface area contributed by atoms with Gasteiger partial charge in [-0.15, -0.1) is 0 Å². The van der Waals surface area contributed by atoms with Crippen molar-refractivity contribution in [1.82, 2.24) is 9.88 Å². The maximum Gasteiger partial charge on any atom is 0.269 e. The van der Waals surface area contributed by atoms with Crippen LogP contribution in [-0.2, 0) is 11.2 Å². The molecule has 3 rings (SSSR count). The number of amides is 1. The van der Waals surface area contributed by atoms with E-state index in [1.54, 1.807) is 0 Å². The van der Waals surface area contributed by atoms with E-state index in [2.05, 4.69) is 22.0 Å². The van der Waals surface area contributed by atoms with E-state index in [1.165, 1.54) is 30.3 Å². The molecule has 1 amide bonds. The maximum atomic E-state index is 12.3. The number of pyridine rings is 1. The molecule has 0 atom stereocenters. The third kappa shape index (κ3) is 5.03. The zero-order valence-electron chi connectivity index (χ0n) is 19.1. The summed E-state index contributed by atoms with van der Waals surface area (Å²) in [6, 6.07) is 9.77. The average Bonchev–Trinajstić information content (AvgIpc) is 3.05. The van der Waals surface area contributed by atoms with Crippen LogP contribution in [0.1, 0.15) is 41.3 Å². The van der Waals surface area contributed by atoms with Gasteiger partial charge in [0.15, 0.2) is 0 Å². The molecular formula is C24H25N7O3. The summed E-state index contributed by atoms with van der Waals surface area (Å²) < 4.78 is 0. The Bertz CT molecular complexity index is 1220. The third-order valence-corrected chi connectivity index (χ3v) is 5.84. The number of likely N-dealkylation sites (N-methyl/N-ethyl adjacent to an activating group) is 1. The number of nitro benzene ring substituents is 1. The van der Waals surface area contributed by atoms with Crippen LogP contribution in [0.15, 0.2) is 24.3 Å². The summed E-state index contributed by atoms with van der Waals surface area (Å²) in [5.41, 5.74) is 7.29. The van der Waals surface area contributed by atoms with Crippen molar-refractivity contribution in [1.29, 1.82) is 10.5 Å². The van der Waals surface area contributed by atoms with Gasteiger partial charge >= 0.3 is 0 Å². The van der Waals surface area contributed by atoms with Crippen molar-refractivity contribution in [2.24, 2.45) is 5.73 Å². The molecule has 0 radical (unpaired) electrons. The molecule has 0 saturated carbocycles. The van der Waals surface area contributed by atoms with Crippen molar-refractivity contribution in [3.8, 4) is 12.1 Å². The number of nitro groups is 1. The number of carbonyl (C=O) groups is 1. The van der Waals surface area contributed by atoms with Crippen LogP contribution in [0.3, 0.4) is 0 Å². The van der Waals surface area contributed by atoms with Gasteiger partial charge in [-0.25, -0.2) is 4.98 Å². The Kier molecular flexibility index (Phi) is 7.57. The van der Waals surface area contributed by atoms with Gasteiger partial charge in [0.1, 0.15) is 18.0 Å². The molecule has 174 valence electrons. The number of non-ortho nitro benzene ring substituents is 1. The minimum Gasteiger partial charge on any atom is -0.366 e. The standard InChI is InChI=1S/C24H25N7O3/c1-3-18-20(14-25)22(13-19(23(27)32)16-5-7-17(8-6-16)31(33)34)28-24(21(18)15-26)30-10-4-9-29(2)11-12-30/h5-8,13H,3-4,9-12H2,1-2H3,(H2,27,32)/b19-13-. The molecule has 0 unspecified atom stereocenters. The number of primary amides is 1. The number of nitrogens with zero attached hydrogens (tertiary/aromatic N) is 6. The van der Waals surface area contributed by atoms with Crippen molar-refractivity contribution >= 4 is 29.1 Å². The Morgan fingerprint density at radius 2 is 1.85 bits per heavy atom. The molecule has 0 aliphatic carbocycles. The number of nitrogens with two attached hydrogens (primary N) is 1. The number of benzene rings is 1. The minimum absolute atomic E-state index is 0.0622. The molecular weight excluding hydrogens is 434 g/mol. The van der Waals surface area contributed by atoms with Gasteiger partial charge in [-0.05, 0) is 55.8 Å². The van der Waals surface area contributed by atoms with Gasteiger partial charge in [-0.2, -0.15) is 10.5 Å². The lowest BCUT2D eigenvalue weighted by Gasteiger charge is -2.25. The second kappa shape index (κ2) is 10.6. The summed E-state index contributed by atoms with van der Waals surface area (Å²) in [6.07, 6.45) is 2.75. The Balaban J connectivity index is 2.21. The second-order valence-corrected chi connectivity index (χ2v) is 8.00. The second-order valence-electron chi connectivity index (χ2n) is 8.00. The summed E-state index contributed by atoms with van der Waals surface area (Å²) in [4.78, 5) is 31.7. The van der Waals surface area contributed by atoms with Crippen molar-refractivity contribution in [2.75, 3.05) is 38.1 Å². The maximum absolute atomic E-state index is 12.3. The number of rotatable bonds is 6. The molecule has 1 aliphatic rings. The van der Waals surface area contributed by atoms with Gasteiger partial charge in [-0.1, -0.05) is 6.92 Å². The van der Waals surface area contributed by atoms with Gasteiger partial charge in [0.2, 0.25) is 5.91 Å². The average molecular weight is 460 g/mol. The largest absolute Gasteiger partial charge is 0.366 e. The van der Waals surface area contributed by atoms with Gasteiger partial charge in [0, 0.05) is 37.3 Å². The van der Waals surface area contributed by atoms with E-state index in [0.29, 0.717) is 42.0 Å². The number of carbonyl (C=O) groups excluding carboxylic acids is 1. The number of nitriles is 2. The molecule has 2 aromatic rings. The van der Waals surface area contributed by atoms with E-state index in [0.717, 1.165) is 19.5 Å². The van der Waals surface area contributed by atoms with E-state index in [4.69, 9.17) is 5.73 Å².